The van der Waals surface area contributed by atoms with Crippen LogP contribution >= 0.6 is 0 Å². The second-order valence-corrected chi connectivity index (χ2v) is 7.95. The van der Waals surface area contributed by atoms with E-state index in [0.717, 1.165) is 30.8 Å². The Kier molecular flexibility index (Phi) is 4.75. The Labute approximate surface area is 159 Å². The highest BCUT2D eigenvalue weighted by molar-refractivity contribution is 6.05. The molecule has 8 heteroatoms. The highest BCUT2D eigenvalue weighted by Crippen LogP contribution is 2.34. The Balaban J connectivity index is 1.31. The van der Waals surface area contributed by atoms with Crippen LogP contribution in [0.5, 0.6) is 0 Å². The molecular formula is C19H27N5O3. The maximum absolute atomic E-state index is 12.7. The fraction of sp³-hybridized carbons (Fsp3) is 0.684. The fourth-order valence-electron chi connectivity index (χ4n) is 4.54. The lowest BCUT2D eigenvalue weighted by Crippen LogP contribution is -2.38. The summed E-state index contributed by atoms with van der Waals surface area (Å²) in [7, 11) is 1.91. The SMILES string of the molecule is Cc1c(CN2CC3C(=O)N(CCCN4CCCC4=O)C(=O)C3C2)cnn1C. The molecule has 3 fully saturated rings. The lowest BCUT2D eigenvalue weighted by atomic mass is 10.00. The van der Waals surface area contributed by atoms with Crippen LogP contribution in [-0.4, -0.2) is 74.9 Å². The number of aromatic nitrogens is 2. The molecule has 0 radical (unpaired) electrons. The van der Waals surface area contributed by atoms with Crippen molar-refractivity contribution in [3.63, 3.8) is 0 Å². The summed E-state index contributed by atoms with van der Waals surface area (Å²) in [5, 5.41) is 4.26. The minimum atomic E-state index is -0.220. The largest absolute Gasteiger partial charge is 0.343 e. The number of imide groups is 1. The molecule has 1 aromatic rings. The van der Waals surface area contributed by atoms with E-state index in [2.05, 4.69) is 10.00 Å². The standard InChI is InChI=1S/C19H27N5O3/c1-13-14(9-20-21(13)2)10-22-11-15-16(12-22)19(27)24(18(15)26)8-4-7-23-6-3-5-17(23)25/h9,15-16H,3-8,10-12H2,1-2H3. The number of hydrogen-bond donors (Lipinski definition) is 0. The molecule has 2 unspecified atom stereocenters. The van der Waals surface area contributed by atoms with E-state index in [-0.39, 0.29) is 29.6 Å². The van der Waals surface area contributed by atoms with Crippen LogP contribution in [0, 0.1) is 18.8 Å². The number of rotatable bonds is 6. The summed E-state index contributed by atoms with van der Waals surface area (Å²) >= 11 is 0. The van der Waals surface area contributed by atoms with E-state index in [0.29, 0.717) is 39.0 Å². The molecule has 27 heavy (non-hydrogen) atoms. The number of nitrogens with zero attached hydrogens (tertiary/aromatic N) is 5. The summed E-state index contributed by atoms with van der Waals surface area (Å²) in [5.74, 6) is -0.329. The molecular weight excluding hydrogens is 346 g/mol. The summed E-state index contributed by atoms with van der Waals surface area (Å²) in [6, 6.07) is 0. The third-order valence-corrected chi connectivity index (χ3v) is 6.27. The third kappa shape index (κ3) is 3.26. The smallest absolute Gasteiger partial charge is 0.234 e. The van der Waals surface area contributed by atoms with Crippen LogP contribution in [0.25, 0.3) is 0 Å². The van der Waals surface area contributed by atoms with Gasteiger partial charge in [-0.2, -0.15) is 5.10 Å². The van der Waals surface area contributed by atoms with Crippen molar-refractivity contribution in [1.29, 1.82) is 0 Å². The quantitative estimate of drug-likeness (QED) is 0.664. The molecule has 0 bridgehead atoms. The van der Waals surface area contributed by atoms with Gasteiger partial charge in [-0.1, -0.05) is 0 Å². The van der Waals surface area contributed by atoms with Gasteiger partial charge in [-0.15, -0.1) is 0 Å². The van der Waals surface area contributed by atoms with E-state index in [4.69, 9.17) is 0 Å². The van der Waals surface area contributed by atoms with E-state index < -0.39 is 0 Å². The first kappa shape index (κ1) is 18.2. The van der Waals surface area contributed by atoms with Gasteiger partial charge in [-0.3, -0.25) is 28.9 Å². The molecule has 2 atom stereocenters. The summed E-state index contributed by atoms with van der Waals surface area (Å²) in [5.41, 5.74) is 2.26. The van der Waals surface area contributed by atoms with E-state index >= 15 is 0 Å². The van der Waals surface area contributed by atoms with Gasteiger partial charge in [0, 0.05) is 64.0 Å². The normalized spacial score (nSPS) is 25.9. The molecule has 3 aliphatic rings. The molecule has 8 nitrogen and oxygen atoms in total. The van der Waals surface area contributed by atoms with Gasteiger partial charge in [0.05, 0.1) is 18.0 Å². The first-order valence-corrected chi connectivity index (χ1v) is 9.78. The van der Waals surface area contributed by atoms with Crippen molar-refractivity contribution in [3.05, 3.63) is 17.5 Å². The van der Waals surface area contributed by atoms with Crippen molar-refractivity contribution in [1.82, 2.24) is 24.5 Å². The first-order chi connectivity index (χ1) is 13.0. The molecule has 4 rings (SSSR count). The summed E-state index contributed by atoms with van der Waals surface area (Å²) in [4.78, 5) is 42.6. The number of hydrogen-bond acceptors (Lipinski definition) is 5. The van der Waals surface area contributed by atoms with Crippen LogP contribution in [0.1, 0.15) is 30.5 Å². The fourth-order valence-corrected chi connectivity index (χ4v) is 4.54. The maximum Gasteiger partial charge on any atom is 0.234 e. The van der Waals surface area contributed by atoms with Crippen LogP contribution in [-0.2, 0) is 28.0 Å². The van der Waals surface area contributed by atoms with E-state index in [1.54, 1.807) is 0 Å². The molecule has 0 aromatic carbocycles. The Morgan fingerprint density at radius 3 is 2.37 bits per heavy atom. The number of aryl methyl sites for hydroxylation is 1. The van der Waals surface area contributed by atoms with Crippen molar-refractivity contribution in [2.45, 2.75) is 32.7 Å². The molecule has 0 spiro atoms. The third-order valence-electron chi connectivity index (χ3n) is 6.27. The van der Waals surface area contributed by atoms with Crippen molar-refractivity contribution >= 4 is 17.7 Å². The minimum Gasteiger partial charge on any atom is -0.343 e. The second kappa shape index (κ2) is 7.07. The lowest BCUT2D eigenvalue weighted by Gasteiger charge is -2.22. The van der Waals surface area contributed by atoms with Crippen LogP contribution in [0.15, 0.2) is 6.20 Å². The Morgan fingerprint density at radius 1 is 1.11 bits per heavy atom. The topological polar surface area (TPSA) is 78.8 Å². The van der Waals surface area contributed by atoms with Gasteiger partial charge < -0.3 is 4.90 Å². The zero-order chi connectivity index (χ0) is 19.1. The molecule has 3 aliphatic heterocycles. The average molecular weight is 373 g/mol. The van der Waals surface area contributed by atoms with Crippen molar-refractivity contribution in [3.8, 4) is 0 Å². The van der Waals surface area contributed by atoms with Crippen molar-refractivity contribution in [2.24, 2.45) is 18.9 Å². The van der Waals surface area contributed by atoms with Crippen molar-refractivity contribution in [2.75, 3.05) is 32.7 Å². The molecule has 0 N–H and O–H groups in total. The number of carbonyl (C=O) groups is 3. The van der Waals surface area contributed by atoms with E-state index in [9.17, 15) is 14.4 Å². The molecule has 1 aromatic heterocycles. The van der Waals surface area contributed by atoms with Gasteiger partial charge in [-0.05, 0) is 19.8 Å². The predicted molar refractivity (Wildman–Crippen MR) is 97.4 cm³/mol. The monoisotopic (exact) mass is 373 g/mol. The van der Waals surface area contributed by atoms with Crippen LogP contribution in [0.3, 0.4) is 0 Å². The molecule has 3 amide bonds. The molecule has 0 aliphatic carbocycles. The zero-order valence-electron chi connectivity index (χ0n) is 16.1. The maximum atomic E-state index is 12.7. The van der Waals surface area contributed by atoms with Gasteiger partial charge in [0.1, 0.15) is 0 Å². The van der Waals surface area contributed by atoms with Gasteiger partial charge >= 0.3 is 0 Å². The van der Waals surface area contributed by atoms with Gasteiger partial charge in [0.2, 0.25) is 17.7 Å². The Bertz CT molecular complexity index is 749. The Hall–Kier alpha value is -2.22. The number of amides is 3. The van der Waals surface area contributed by atoms with Crippen molar-refractivity contribution < 1.29 is 14.4 Å². The van der Waals surface area contributed by atoms with Crippen LogP contribution in [0.4, 0.5) is 0 Å². The predicted octanol–water partition coefficient (Wildman–Crippen LogP) is 0.158. The zero-order valence-corrected chi connectivity index (χ0v) is 16.1. The van der Waals surface area contributed by atoms with E-state index in [1.807, 2.05) is 29.7 Å². The minimum absolute atomic E-state index is 0.0387. The number of likely N-dealkylation sites (tertiary alicyclic amines) is 3. The van der Waals surface area contributed by atoms with Crippen LogP contribution < -0.4 is 0 Å². The molecule has 3 saturated heterocycles. The molecule has 4 heterocycles. The first-order valence-electron chi connectivity index (χ1n) is 9.78. The average Bonchev–Trinajstić information content (AvgIpc) is 3.37. The van der Waals surface area contributed by atoms with Gasteiger partial charge in [0.15, 0.2) is 0 Å². The lowest BCUT2D eigenvalue weighted by molar-refractivity contribution is -0.140. The number of carbonyl (C=O) groups excluding carboxylic acids is 3. The second-order valence-electron chi connectivity index (χ2n) is 7.95. The van der Waals surface area contributed by atoms with Gasteiger partial charge in [0.25, 0.3) is 0 Å². The van der Waals surface area contributed by atoms with Gasteiger partial charge in [-0.25, -0.2) is 0 Å². The number of fused-ring (bicyclic) bond motifs is 1. The van der Waals surface area contributed by atoms with E-state index in [1.165, 1.54) is 4.90 Å². The highest BCUT2D eigenvalue weighted by atomic mass is 16.2. The Morgan fingerprint density at radius 2 is 1.81 bits per heavy atom. The summed E-state index contributed by atoms with van der Waals surface area (Å²) in [6.07, 6.45) is 4.06. The van der Waals surface area contributed by atoms with Crippen LogP contribution in [0.2, 0.25) is 0 Å². The summed E-state index contributed by atoms with van der Waals surface area (Å²) < 4.78 is 1.84. The highest BCUT2D eigenvalue weighted by Gasteiger charge is 2.51. The molecule has 0 saturated carbocycles. The summed E-state index contributed by atoms with van der Waals surface area (Å²) in [6.45, 7) is 5.88. The molecule has 146 valence electrons.